The van der Waals surface area contributed by atoms with Gasteiger partial charge in [-0.15, -0.1) is 0 Å². The SMILES string of the molecule is C1=C(CSC2=NCC(Cc3ccccc3)N2)N2C[C@@H](Cc3ccccc3)N=C2S1. The molecule has 1 unspecified atom stereocenters. The van der Waals surface area contributed by atoms with E-state index in [1.165, 1.54) is 16.8 Å². The summed E-state index contributed by atoms with van der Waals surface area (Å²) in [5.74, 6) is 0.938. The molecule has 3 aliphatic rings. The predicted molar refractivity (Wildman–Crippen MR) is 126 cm³/mol. The van der Waals surface area contributed by atoms with Gasteiger partial charge in [-0.05, 0) is 29.4 Å². The highest BCUT2D eigenvalue weighted by Crippen LogP contribution is 2.34. The van der Waals surface area contributed by atoms with Gasteiger partial charge in [-0.3, -0.25) is 9.98 Å². The number of hydrogen-bond acceptors (Lipinski definition) is 6. The lowest BCUT2D eigenvalue weighted by Gasteiger charge is -2.18. The van der Waals surface area contributed by atoms with Crippen LogP contribution in [-0.4, -0.2) is 46.2 Å². The van der Waals surface area contributed by atoms with Gasteiger partial charge in [0.05, 0.1) is 18.6 Å². The molecule has 0 saturated carbocycles. The molecule has 0 radical (unpaired) electrons. The molecule has 1 N–H and O–H groups in total. The van der Waals surface area contributed by atoms with E-state index in [1.807, 2.05) is 11.8 Å². The Labute approximate surface area is 180 Å². The van der Waals surface area contributed by atoms with Crippen LogP contribution >= 0.6 is 23.5 Å². The van der Waals surface area contributed by atoms with Crippen LogP contribution in [0.1, 0.15) is 11.1 Å². The van der Waals surface area contributed by atoms with Crippen LogP contribution < -0.4 is 5.32 Å². The Balaban J connectivity index is 1.10. The van der Waals surface area contributed by atoms with Crippen molar-refractivity contribution in [3.8, 4) is 0 Å². The van der Waals surface area contributed by atoms with E-state index in [2.05, 4.69) is 76.3 Å². The van der Waals surface area contributed by atoms with Gasteiger partial charge in [0.1, 0.15) is 0 Å². The zero-order chi connectivity index (χ0) is 19.5. The smallest absolute Gasteiger partial charge is 0.168 e. The largest absolute Gasteiger partial charge is 0.360 e. The van der Waals surface area contributed by atoms with Crippen molar-refractivity contribution < 1.29 is 0 Å². The van der Waals surface area contributed by atoms with Crippen LogP contribution in [0.3, 0.4) is 0 Å². The Kier molecular flexibility index (Phi) is 5.63. The second-order valence-corrected chi connectivity index (χ2v) is 9.36. The first-order chi connectivity index (χ1) is 14.3. The van der Waals surface area contributed by atoms with Crippen molar-refractivity contribution in [2.24, 2.45) is 9.98 Å². The molecule has 4 nitrogen and oxygen atoms in total. The molecule has 3 heterocycles. The third-order valence-corrected chi connectivity index (χ3v) is 7.23. The van der Waals surface area contributed by atoms with Gasteiger partial charge in [0.25, 0.3) is 0 Å². The van der Waals surface area contributed by atoms with E-state index < -0.39 is 0 Å². The van der Waals surface area contributed by atoms with Crippen LogP contribution in [0.4, 0.5) is 0 Å². The quantitative estimate of drug-likeness (QED) is 0.762. The Hall–Kier alpha value is -2.18. The fourth-order valence-corrected chi connectivity index (χ4v) is 5.91. The van der Waals surface area contributed by atoms with Crippen molar-refractivity contribution in [3.05, 3.63) is 82.9 Å². The molecule has 29 heavy (non-hydrogen) atoms. The van der Waals surface area contributed by atoms with Crippen LogP contribution in [0, 0.1) is 0 Å². The van der Waals surface area contributed by atoms with Crippen molar-refractivity contribution in [2.45, 2.75) is 24.9 Å². The van der Waals surface area contributed by atoms with E-state index in [9.17, 15) is 0 Å². The Morgan fingerprint density at radius 2 is 1.72 bits per heavy atom. The summed E-state index contributed by atoms with van der Waals surface area (Å²) in [6, 6.07) is 22.1. The average molecular weight is 421 g/mol. The summed E-state index contributed by atoms with van der Waals surface area (Å²) in [7, 11) is 0. The summed E-state index contributed by atoms with van der Waals surface area (Å²) in [5.41, 5.74) is 4.08. The average Bonchev–Trinajstić information content (AvgIpc) is 3.45. The summed E-state index contributed by atoms with van der Waals surface area (Å²) >= 11 is 3.57. The first-order valence-corrected chi connectivity index (χ1v) is 11.9. The molecule has 2 aromatic rings. The molecule has 6 heteroatoms. The van der Waals surface area contributed by atoms with Crippen molar-refractivity contribution in [2.75, 3.05) is 18.8 Å². The van der Waals surface area contributed by atoms with Gasteiger partial charge >= 0.3 is 0 Å². The Morgan fingerprint density at radius 1 is 1.00 bits per heavy atom. The highest BCUT2D eigenvalue weighted by atomic mass is 32.2. The van der Waals surface area contributed by atoms with Crippen LogP contribution in [0.5, 0.6) is 0 Å². The normalized spacial score (nSPS) is 22.8. The lowest BCUT2D eigenvalue weighted by Crippen LogP contribution is -2.31. The molecule has 5 rings (SSSR count). The Morgan fingerprint density at radius 3 is 2.48 bits per heavy atom. The summed E-state index contributed by atoms with van der Waals surface area (Å²) < 4.78 is 0. The molecule has 148 valence electrons. The van der Waals surface area contributed by atoms with Crippen LogP contribution in [0.25, 0.3) is 0 Å². The lowest BCUT2D eigenvalue weighted by atomic mass is 10.1. The molecule has 3 aliphatic heterocycles. The standard InChI is InChI=1S/C23H24N4S2/c1-3-7-17(8-4-1)11-19-13-24-22(25-19)28-15-21-16-29-23-26-20(14-27(21)23)12-18-9-5-2-6-10-18/h1-10,16,19-20H,11-15H2,(H,24,25)/t19?,20-/m1/s1. The molecule has 2 aromatic carbocycles. The number of benzene rings is 2. The number of nitrogens with one attached hydrogen (secondary N) is 1. The van der Waals surface area contributed by atoms with Crippen molar-refractivity contribution >= 4 is 33.9 Å². The van der Waals surface area contributed by atoms with E-state index in [-0.39, 0.29) is 0 Å². The van der Waals surface area contributed by atoms with Gasteiger partial charge in [-0.2, -0.15) is 0 Å². The highest BCUT2D eigenvalue weighted by Gasteiger charge is 2.32. The number of nitrogens with zero attached hydrogens (tertiary/aromatic N) is 3. The second-order valence-electron chi connectivity index (χ2n) is 7.56. The van der Waals surface area contributed by atoms with Gasteiger partial charge in [0.15, 0.2) is 10.3 Å². The zero-order valence-corrected chi connectivity index (χ0v) is 17.8. The Bertz CT molecular complexity index is 940. The fraction of sp³-hybridized carbons (Fsp3) is 0.304. The maximum absolute atomic E-state index is 4.93. The predicted octanol–water partition coefficient (Wildman–Crippen LogP) is 4.16. The summed E-state index contributed by atoms with van der Waals surface area (Å²) in [6.45, 7) is 1.85. The summed E-state index contributed by atoms with van der Waals surface area (Å²) in [4.78, 5) is 12.0. The second kappa shape index (κ2) is 8.67. The molecule has 0 aromatic heterocycles. The van der Waals surface area contributed by atoms with E-state index >= 15 is 0 Å². The third kappa shape index (κ3) is 4.54. The topological polar surface area (TPSA) is 40.0 Å². The molecule has 0 amide bonds. The third-order valence-electron chi connectivity index (χ3n) is 5.34. The molecule has 0 bridgehead atoms. The summed E-state index contributed by atoms with van der Waals surface area (Å²) in [5, 5.41) is 8.07. The molecule has 0 fully saturated rings. The van der Waals surface area contributed by atoms with Gasteiger partial charge in [0, 0.05) is 18.0 Å². The highest BCUT2D eigenvalue weighted by molar-refractivity contribution is 8.17. The van der Waals surface area contributed by atoms with Crippen molar-refractivity contribution in [1.82, 2.24) is 10.2 Å². The van der Waals surface area contributed by atoms with E-state index in [0.29, 0.717) is 12.1 Å². The monoisotopic (exact) mass is 420 g/mol. The maximum Gasteiger partial charge on any atom is 0.168 e. The number of fused-ring (bicyclic) bond motifs is 1. The number of thioether (sulfide) groups is 2. The van der Waals surface area contributed by atoms with Crippen LogP contribution in [0.2, 0.25) is 0 Å². The van der Waals surface area contributed by atoms with Crippen LogP contribution in [0.15, 0.2) is 81.8 Å². The molecule has 2 atom stereocenters. The van der Waals surface area contributed by atoms with Crippen molar-refractivity contribution in [3.63, 3.8) is 0 Å². The molecule has 0 aliphatic carbocycles. The van der Waals surface area contributed by atoms with Crippen LogP contribution in [-0.2, 0) is 12.8 Å². The van der Waals surface area contributed by atoms with Gasteiger partial charge in [-0.25, -0.2) is 0 Å². The van der Waals surface area contributed by atoms with Gasteiger partial charge < -0.3 is 10.2 Å². The number of hydrogen-bond donors (Lipinski definition) is 1. The van der Waals surface area contributed by atoms with E-state index in [0.717, 1.165) is 42.0 Å². The minimum absolute atomic E-state index is 0.353. The summed E-state index contributed by atoms with van der Waals surface area (Å²) in [6.07, 6.45) is 2.04. The minimum Gasteiger partial charge on any atom is -0.360 e. The lowest BCUT2D eigenvalue weighted by molar-refractivity contribution is 0.512. The number of amidine groups is 2. The van der Waals surface area contributed by atoms with E-state index in [1.54, 1.807) is 11.8 Å². The minimum atomic E-state index is 0.353. The maximum atomic E-state index is 4.93. The number of rotatable bonds is 6. The van der Waals surface area contributed by atoms with E-state index in [4.69, 9.17) is 9.98 Å². The first-order valence-electron chi connectivity index (χ1n) is 10.1. The molecule has 0 saturated heterocycles. The zero-order valence-electron chi connectivity index (χ0n) is 16.2. The first kappa shape index (κ1) is 18.8. The van der Waals surface area contributed by atoms with Crippen molar-refractivity contribution in [1.29, 1.82) is 0 Å². The molecular weight excluding hydrogens is 396 g/mol. The number of aliphatic imine (C=N–C) groups is 2. The fourth-order valence-electron chi connectivity index (χ4n) is 3.89. The molecule has 0 spiro atoms. The van der Waals surface area contributed by atoms with Gasteiger partial charge in [0.2, 0.25) is 0 Å². The molecular formula is C23H24N4S2. The van der Waals surface area contributed by atoms with Gasteiger partial charge in [-0.1, -0.05) is 84.2 Å².